The maximum Gasteiger partial charge on any atom is 0.229 e. The van der Waals surface area contributed by atoms with Crippen molar-refractivity contribution >= 4 is 27.5 Å². The minimum atomic E-state index is -0.151. The van der Waals surface area contributed by atoms with Crippen LogP contribution in [0.2, 0.25) is 0 Å². The predicted molar refractivity (Wildman–Crippen MR) is 70.5 cm³/mol. The third kappa shape index (κ3) is 2.53. The van der Waals surface area contributed by atoms with E-state index >= 15 is 0 Å². The van der Waals surface area contributed by atoms with Crippen LogP contribution in [0.3, 0.4) is 0 Å². The second kappa shape index (κ2) is 5.22. The number of amides is 1. The van der Waals surface area contributed by atoms with Gasteiger partial charge in [-0.15, -0.1) is 0 Å². The zero-order chi connectivity index (χ0) is 13.1. The predicted octanol–water partition coefficient (Wildman–Crippen LogP) is 3.07. The maximum absolute atomic E-state index is 11.1. The van der Waals surface area contributed by atoms with Gasteiger partial charge in [0.25, 0.3) is 0 Å². The van der Waals surface area contributed by atoms with Gasteiger partial charge in [-0.25, -0.2) is 4.98 Å². The highest BCUT2D eigenvalue weighted by molar-refractivity contribution is 9.10. The van der Waals surface area contributed by atoms with Gasteiger partial charge in [0.1, 0.15) is 12.0 Å². The fraction of sp³-hybridized carbons (Fsp3) is 0.167. The van der Waals surface area contributed by atoms with Crippen molar-refractivity contribution in [2.24, 2.45) is 0 Å². The van der Waals surface area contributed by atoms with Gasteiger partial charge >= 0.3 is 0 Å². The number of hydrogen-bond donors (Lipinski definition) is 1. The molecule has 0 fully saturated rings. The molecular formula is C12H11BrN2O3. The van der Waals surface area contributed by atoms with E-state index in [-0.39, 0.29) is 5.91 Å². The Hall–Kier alpha value is -1.82. The molecule has 1 aromatic carbocycles. The SMILES string of the molecule is COc1cc(NC(C)=O)c(Br)cc1-c1ncco1. The number of nitrogens with one attached hydrogen (secondary N) is 1. The van der Waals surface area contributed by atoms with Crippen molar-refractivity contribution in [3.05, 3.63) is 29.1 Å². The fourth-order valence-electron chi connectivity index (χ4n) is 1.53. The van der Waals surface area contributed by atoms with Crippen LogP contribution in [0.1, 0.15) is 6.92 Å². The second-order valence-electron chi connectivity index (χ2n) is 3.55. The molecule has 0 atom stereocenters. The van der Waals surface area contributed by atoms with Crippen molar-refractivity contribution in [3.63, 3.8) is 0 Å². The highest BCUT2D eigenvalue weighted by atomic mass is 79.9. The number of rotatable bonds is 3. The fourth-order valence-corrected chi connectivity index (χ4v) is 1.97. The maximum atomic E-state index is 11.1. The van der Waals surface area contributed by atoms with Crippen LogP contribution in [-0.2, 0) is 4.79 Å². The summed E-state index contributed by atoms with van der Waals surface area (Å²) < 4.78 is 11.2. The van der Waals surface area contributed by atoms with E-state index in [1.807, 2.05) is 0 Å². The third-order valence-electron chi connectivity index (χ3n) is 2.26. The standard InChI is InChI=1S/C12H11BrN2O3/c1-7(16)15-10-6-11(17-2)8(5-9(10)13)12-14-3-4-18-12/h3-6H,1-2H3,(H,15,16). The molecule has 18 heavy (non-hydrogen) atoms. The van der Waals surface area contributed by atoms with Crippen LogP contribution >= 0.6 is 15.9 Å². The van der Waals surface area contributed by atoms with Gasteiger partial charge in [0.15, 0.2) is 0 Å². The number of nitrogens with zero attached hydrogens (tertiary/aromatic N) is 1. The summed E-state index contributed by atoms with van der Waals surface area (Å²) in [6, 6.07) is 3.50. The van der Waals surface area contributed by atoms with E-state index in [2.05, 4.69) is 26.2 Å². The summed E-state index contributed by atoms with van der Waals surface area (Å²) in [4.78, 5) is 15.1. The average Bonchev–Trinajstić information content (AvgIpc) is 2.84. The Balaban J connectivity index is 2.50. The summed E-state index contributed by atoms with van der Waals surface area (Å²) in [5, 5.41) is 2.70. The highest BCUT2D eigenvalue weighted by Gasteiger charge is 2.14. The summed E-state index contributed by atoms with van der Waals surface area (Å²) in [5.41, 5.74) is 1.35. The lowest BCUT2D eigenvalue weighted by Gasteiger charge is -2.11. The first kappa shape index (κ1) is 12.6. The number of anilines is 1. The topological polar surface area (TPSA) is 64.4 Å². The van der Waals surface area contributed by atoms with Crippen LogP contribution in [0.4, 0.5) is 5.69 Å². The number of ether oxygens (including phenoxy) is 1. The largest absolute Gasteiger partial charge is 0.496 e. The lowest BCUT2D eigenvalue weighted by atomic mass is 10.1. The van der Waals surface area contributed by atoms with Crippen molar-refractivity contribution in [2.45, 2.75) is 6.92 Å². The van der Waals surface area contributed by atoms with Crippen molar-refractivity contribution in [1.29, 1.82) is 0 Å². The van der Waals surface area contributed by atoms with Crippen LogP contribution in [0.5, 0.6) is 5.75 Å². The molecule has 0 bridgehead atoms. The average molecular weight is 311 g/mol. The molecule has 1 amide bonds. The molecule has 1 N–H and O–H groups in total. The minimum absolute atomic E-state index is 0.151. The van der Waals surface area contributed by atoms with Crippen LogP contribution in [0.15, 0.2) is 33.5 Å². The molecule has 0 unspecified atom stereocenters. The molecule has 5 nitrogen and oxygen atoms in total. The molecule has 0 radical (unpaired) electrons. The zero-order valence-electron chi connectivity index (χ0n) is 9.86. The molecule has 0 aliphatic heterocycles. The number of hydrogen-bond acceptors (Lipinski definition) is 4. The number of halogens is 1. The number of methoxy groups -OCH3 is 1. The molecule has 0 saturated carbocycles. The van der Waals surface area contributed by atoms with Gasteiger partial charge in [-0.3, -0.25) is 4.79 Å². The van der Waals surface area contributed by atoms with Gasteiger partial charge in [0.05, 0.1) is 24.6 Å². The number of benzene rings is 1. The summed E-state index contributed by atoms with van der Waals surface area (Å²) in [5.74, 6) is 0.882. The molecule has 0 spiro atoms. The van der Waals surface area contributed by atoms with Crippen molar-refractivity contribution in [1.82, 2.24) is 4.98 Å². The van der Waals surface area contributed by atoms with Gasteiger partial charge in [0.2, 0.25) is 11.8 Å². The van der Waals surface area contributed by atoms with Crippen LogP contribution in [0, 0.1) is 0 Å². The molecule has 94 valence electrons. The molecule has 1 aromatic heterocycles. The molecule has 1 heterocycles. The van der Waals surface area contributed by atoms with E-state index in [4.69, 9.17) is 9.15 Å². The molecule has 0 aliphatic rings. The molecule has 0 aliphatic carbocycles. The van der Waals surface area contributed by atoms with E-state index < -0.39 is 0 Å². The second-order valence-corrected chi connectivity index (χ2v) is 4.41. The Morgan fingerprint density at radius 2 is 2.28 bits per heavy atom. The number of carbonyl (C=O) groups is 1. The zero-order valence-corrected chi connectivity index (χ0v) is 11.4. The van der Waals surface area contributed by atoms with Crippen LogP contribution < -0.4 is 10.1 Å². The lowest BCUT2D eigenvalue weighted by Crippen LogP contribution is -2.06. The number of carbonyl (C=O) groups excluding carboxylic acids is 1. The first-order valence-corrected chi connectivity index (χ1v) is 5.96. The Kier molecular flexibility index (Phi) is 3.66. The molecular weight excluding hydrogens is 300 g/mol. The van der Waals surface area contributed by atoms with Gasteiger partial charge in [-0.05, 0) is 22.0 Å². The van der Waals surface area contributed by atoms with Crippen molar-refractivity contribution in [2.75, 3.05) is 12.4 Å². The first-order chi connectivity index (χ1) is 8.61. The number of oxazole rings is 1. The molecule has 2 aromatic rings. The van der Waals surface area contributed by atoms with E-state index in [9.17, 15) is 4.79 Å². The summed E-state index contributed by atoms with van der Waals surface area (Å²) in [6.07, 6.45) is 3.05. The van der Waals surface area contributed by atoms with Crippen LogP contribution in [0.25, 0.3) is 11.5 Å². The Bertz CT molecular complexity index is 567. The summed E-state index contributed by atoms with van der Waals surface area (Å²) in [6.45, 7) is 1.45. The number of aromatic nitrogens is 1. The minimum Gasteiger partial charge on any atom is -0.496 e. The van der Waals surface area contributed by atoms with Crippen LogP contribution in [-0.4, -0.2) is 18.0 Å². The van der Waals surface area contributed by atoms with E-state index in [1.165, 1.54) is 13.2 Å². The smallest absolute Gasteiger partial charge is 0.229 e. The lowest BCUT2D eigenvalue weighted by molar-refractivity contribution is -0.114. The van der Waals surface area contributed by atoms with E-state index in [1.54, 1.807) is 25.4 Å². The van der Waals surface area contributed by atoms with Crippen molar-refractivity contribution < 1.29 is 13.9 Å². The van der Waals surface area contributed by atoms with Gasteiger partial charge in [0, 0.05) is 17.5 Å². The molecule has 0 saturated heterocycles. The van der Waals surface area contributed by atoms with E-state index in [0.717, 1.165) is 4.47 Å². The third-order valence-corrected chi connectivity index (χ3v) is 2.92. The van der Waals surface area contributed by atoms with E-state index in [0.29, 0.717) is 22.9 Å². The summed E-state index contributed by atoms with van der Waals surface area (Å²) in [7, 11) is 1.55. The molecule has 2 rings (SSSR count). The Morgan fingerprint density at radius 1 is 1.50 bits per heavy atom. The van der Waals surface area contributed by atoms with Crippen molar-refractivity contribution in [3.8, 4) is 17.2 Å². The molecule has 6 heteroatoms. The monoisotopic (exact) mass is 310 g/mol. The Labute approximate surface area is 112 Å². The highest BCUT2D eigenvalue weighted by Crippen LogP contribution is 2.36. The first-order valence-electron chi connectivity index (χ1n) is 5.17. The quantitative estimate of drug-likeness (QED) is 0.946. The summed E-state index contributed by atoms with van der Waals surface area (Å²) >= 11 is 3.38. The Morgan fingerprint density at radius 3 is 2.83 bits per heavy atom. The normalized spacial score (nSPS) is 10.2. The van der Waals surface area contributed by atoms with Gasteiger partial charge in [-0.1, -0.05) is 0 Å². The van der Waals surface area contributed by atoms with Gasteiger partial charge < -0.3 is 14.5 Å². The van der Waals surface area contributed by atoms with Gasteiger partial charge in [-0.2, -0.15) is 0 Å².